The first-order chi connectivity index (χ1) is 12.2. The number of aryl methyl sites for hydroxylation is 1. The molecule has 1 amide bonds. The van der Waals surface area contributed by atoms with Crippen LogP contribution in [0.4, 0.5) is 5.69 Å². The zero-order valence-corrected chi connectivity index (χ0v) is 14.6. The van der Waals surface area contributed by atoms with E-state index in [0.29, 0.717) is 11.5 Å². The van der Waals surface area contributed by atoms with Crippen LogP contribution in [0.5, 0.6) is 11.5 Å². The van der Waals surface area contributed by atoms with Crippen molar-refractivity contribution in [1.82, 2.24) is 4.98 Å². The molecule has 0 aliphatic heterocycles. The Morgan fingerprint density at radius 1 is 1.00 bits per heavy atom. The monoisotopic (exact) mass is 350 g/mol. The first-order valence-electron chi connectivity index (χ1n) is 7.87. The van der Waals surface area contributed by atoms with Gasteiger partial charge in [-0.3, -0.25) is 9.78 Å². The molecule has 0 bridgehead atoms. The average molecular weight is 350 g/mol. The largest absolute Gasteiger partial charge is 0.457 e. The summed E-state index contributed by atoms with van der Waals surface area (Å²) in [6.07, 6.45) is 3.35. The summed E-state index contributed by atoms with van der Waals surface area (Å²) >= 11 is 1.54. The lowest BCUT2D eigenvalue weighted by atomic mass is 10.2. The van der Waals surface area contributed by atoms with Crippen LogP contribution in [0.2, 0.25) is 0 Å². The molecule has 0 radical (unpaired) electrons. The van der Waals surface area contributed by atoms with Crippen LogP contribution >= 0.6 is 11.8 Å². The Balaban J connectivity index is 1.52. The van der Waals surface area contributed by atoms with Crippen LogP contribution in [0.3, 0.4) is 0 Å². The standard InChI is InChI=1S/C20H18N2O2S/c1-15-4-2-3-5-19(15)25-14-20(23)22-16-6-8-17(9-7-16)24-18-10-12-21-13-11-18/h2-13H,14H2,1H3,(H,22,23). The van der Waals surface area contributed by atoms with Crippen molar-refractivity contribution in [3.63, 3.8) is 0 Å². The van der Waals surface area contributed by atoms with Gasteiger partial charge in [0, 0.05) is 23.0 Å². The molecule has 2 aromatic carbocycles. The molecule has 5 heteroatoms. The highest BCUT2D eigenvalue weighted by Crippen LogP contribution is 2.24. The third-order valence-electron chi connectivity index (χ3n) is 3.48. The van der Waals surface area contributed by atoms with Crippen molar-refractivity contribution in [2.75, 3.05) is 11.1 Å². The van der Waals surface area contributed by atoms with Gasteiger partial charge in [-0.15, -0.1) is 11.8 Å². The SMILES string of the molecule is Cc1ccccc1SCC(=O)Nc1ccc(Oc2ccncc2)cc1. The van der Waals surface area contributed by atoms with E-state index >= 15 is 0 Å². The Morgan fingerprint density at radius 2 is 1.68 bits per heavy atom. The van der Waals surface area contributed by atoms with Gasteiger partial charge in [0.15, 0.2) is 0 Å². The average Bonchev–Trinajstić information content (AvgIpc) is 2.64. The Morgan fingerprint density at radius 3 is 2.40 bits per heavy atom. The molecule has 3 rings (SSSR count). The van der Waals surface area contributed by atoms with Gasteiger partial charge >= 0.3 is 0 Å². The lowest BCUT2D eigenvalue weighted by molar-refractivity contribution is -0.113. The maximum absolute atomic E-state index is 12.1. The second-order valence-electron chi connectivity index (χ2n) is 5.41. The van der Waals surface area contributed by atoms with Crippen LogP contribution in [-0.2, 0) is 4.79 Å². The van der Waals surface area contributed by atoms with Crippen molar-refractivity contribution in [2.24, 2.45) is 0 Å². The molecule has 0 unspecified atom stereocenters. The third-order valence-corrected chi connectivity index (χ3v) is 4.65. The van der Waals surface area contributed by atoms with Gasteiger partial charge in [-0.25, -0.2) is 0 Å². The predicted molar refractivity (Wildman–Crippen MR) is 101 cm³/mol. The Labute approximate surface area is 151 Å². The van der Waals surface area contributed by atoms with Gasteiger partial charge in [0.25, 0.3) is 0 Å². The molecule has 4 nitrogen and oxygen atoms in total. The number of pyridine rings is 1. The van der Waals surface area contributed by atoms with Gasteiger partial charge in [0.05, 0.1) is 5.75 Å². The first-order valence-corrected chi connectivity index (χ1v) is 8.85. The van der Waals surface area contributed by atoms with E-state index in [2.05, 4.69) is 10.3 Å². The number of ether oxygens (including phenoxy) is 1. The molecule has 0 aliphatic carbocycles. The molecule has 1 N–H and O–H groups in total. The number of aromatic nitrogens is 1. The van der Waals surface area contributed by atoms with E-state index in [1.165, 1.54) is 17.3 Å². The Hall–Kier alpha value is -2.79. The molecule has 0 saturated carbocycles. The second kappa shape index (κ2) is 8.35. The van der Waals surface area contributed by atoms with E-state index in [-0.39, 0.29) is 5.91 Å². The van der Waals surface area contributed by atoms with E-state index in [9.17, 15) is 4.79 Å². The lowest BCUT2D eigenvalue weighted by Crippen LogP contribution is -2.13. The molecule has 0 spiro atoms. The fourth-order valence-corrected chi connectivity index (χ4v) is 3.04. The minimum atomic E-state index is -0.0314. The molecule has 0 aliphatic rings. The topological polar surface area (TPSA) is 51.2 Å². The number of nitrogens with zero attached hydrogens (tertiary/aromatic N) is 1. The number of nitrogens with one attached hydrogen (secondary N) is 1. The van der Waals surface area contributed by atoms with Gasteiger partial charge in [-0.05, 0) is 55.0 Å². The van der Waals surface area contributed by atoms with E-state index < -0.39 is 0 Å². The summed E-state index contributed by atoms with van der Waals surface area (Å²) in [5, 5.41) is 2.90. The molecular formula is C20H18N2O2S. The van der Waals surface area contributed by atoms with Gasteiger partial charge in [-0.1, -0.05) is 18.2 Å². The van der Waals surface area contributed by atoms with Gasteiger partial charge < -0.3 is 10.1 Å². The number of carbonyl (C=O) groups is 1. The first kappa shape index (κ1) is 17.0. The molecule has 0 fully saturated rings. The maximum atomic E-state index is 12.1. The quantitative estimate of drug-likeness (QED) is 0.642. The Kier molecular flexibility index (Phi) is 5.69. The molecular weight excluding hydrogens is 332 g/mol. The molecule has 1 aromatic heterocycles. The number of anilines is 1. The fourth-order valence-electron chi connectivity index (χ4n) is 2.21. The van der Waals surface area contributed by atoms with Crippen molar-refractivity contribution in [3.8, 4) is 11.5 Å². The fraction of sp³-hybridized carbons (Fsp3) is 0.100. The second-order valence-corrected chi connectivity index (χ2v) is 6.43. The number of amides is 1. The summed E-state index contributed by atoms with van der Waals surface area (Å²) in [7, 11) is 0. The zero-order chi connectivity index (χ0) is 17.5. The normalized spacial score (nSPS) is 10.3. The minimum absolute atomic E-state index is 0.0314. The Bertz CT molecular complexity index is 836. The maximum Gasteiger partial charge on any atom is 0.234 e. The molecule has 3 aromatic rings. The lowest BCUT2D eigenvalue weighted by Gasteiger charge is -2.08. The van der Waals surface area contributed by atoms with Crippen LogP contribution in [-0.4, -0.2) is 16.6 Å². The van der Waals surface area contributed by atoms with Crippen LogP contribution in [0.1, 0.15) is 5.56 Å². The molecule has 0 saturated heterocycles. The van der Waals surface area contributed by atoms with E-state index in [1.807, 2.05) is 55.5 Å². The van der Waals surface area contributed by atoms with Crippen molar-refractivity contribution >= 4 is 23.4 Å². The zero-order valence-electron chi connectivity index (χ0n) is 13.8. The summed E-state index contributed by atoms with van der Waals surface area (Å²) in [4.78, 5) is 17.2. The van der Waals surface area contributed by atoms with Crippen LogP contribution in [0.15, 0.2) is 78.0 Å². The number of hydrogen-bond acceptors (Lipinski definition) is 4. The van der Waals surface area contributed by atoms with Crippen molar-refractivity contribution < 1.29 is 9.53 Å². The molecule has 1 heterocycles. The third kappa shape index (κ3) is 5.09. The summed E-state index contributed by atoms with van der Waals surface area (Å²) < 4.78 is 5.70. The highest BCUT2D eigenvalue weighted by atomic mass is 32.2. The van der Waals surface area contributed by atoms with E-state index in [0.717, 1.165) is 16.3 Å². The molecule has 126 valence electrons. The van der Waals surface area contributed by atoms with E-state index in [1.54, 1.807) is 24.5 Å². The van der Waals surface area contributed by atoms with Crippen LogP contribution < -0.4 is 10.1 Å². The number of hydrogen-bond donors (Lipinski definition) is 1. The number of carbonyl (C=O) groups excluding carboxylic acids is 1. The van der Waals surface area contributed by atoms with E-state index in [4.69, 9.17) is 4.74 Å². The van der Waals surface area contributed by atoms with Crippen LogP contribution in [0, 0.1) is 6.92 Å². The number of thioether (sulfide) groups is 1. The summed E-state index contributed by atoms with van der Waals surface area (Å²) in [5.41, 5.74) is 1.93. The van der Waals surface area contributed by atoms with Crippen molar-refractivity contribution in [2.45, 2.75) is 11.8 Å². The van der Waals surface area contributed by atoms with Gasteiger partial charge in [0.2, 0.25) is 5.91 Å². The highest BCUT2D eigenvalue weighted by Gasteiger charge is 2.06. The number of benzene rings is 2. The minimum Gasteiger partial charge on any atom is -0.457 e. The van der Waals surface area contributed by atoms with Crippen LogP contribution in [0.25, 0.3) is 0 Å². The summed E-state index contributed by atoms with van der Waals surface area (Å²) in [6, 6.07) is 18.9. The smallest absolute Gasteiger partial charge is 0.234 e. The van der Waals surface area contributed by atoms with Gasteiger partial charge in [-0.2, -0.15) is 0 Å². The highest BCUT2D eigenvalue weighted by molar-refractivity contribution is 8.00. The molecule has 0 atom stereocenters. The summed E-state index contributed by atoms with van der Waals surface area (Å²) in [5.74, 6) is 1.77. The number of rotatable bonds is 6. The molecule has 25 heavy (non-hydrogen) atoms. The summed E-state index contributed by atoms with van der Waals surface area (Å²) in [6.45, 7) is 2.04. The van der Waals surface area contributed by atoms with Gasteiger partial charge in [0.1, 0.15) is 11.5 Å². The predicted octanol–water partition coefficient (Wildman–Crippen LogP) is 4.91. The van der Waals surface area contributed by atoms with Crippen molar-refractivity contribution in [1.29, 1.82) is 0 Å². The van der Waals surface area contributed by atoms with Crippen molar-refractivity contribution in [3.05, 3.63) is 78.6 Å².